The summed E-state index contributed by atoms with van der Waals surface area (Å²) in [7, 11) is 0. The molecule has 0 unspecified atom stereocenters. The number of para-hydroxylation sites is 2. The summed E-state index contributed by atoms with van der Waals surface area (Å²) in [6.45, 7) is 3.45. The van der Waals surface area contributed by atoms with Crippen molar-refractivity contribution >= 4 is 17.8 Å². The monoisotopic (exact) mass is 396 g/mol. The van der Waals surface area contributed by atoms with Gasteiger partial charge < -0.3 is 20.5 Å². The van der Waals surface area contributed by atoms with Gasteiger partial charge in [-0.15, -0.1) is 0 Å². The van der Waals surface area contributed by atoms with Crippen LogP contribution in [0.15, 0.2) is 48.5 Å². The number of carboxylic acid groups (broad SMARTS) is 1. The predicted octanol–water partition coefficient (Wildman–Crippen LogP) is 2.66. The van der Waals surface area contributed by atoms with Gasteiger partial charge in [-0.3, -0.25) is 9.59 Å². The Bertz CT molecular complexity index is 879. The Balaban J connectivity index is 1.71. The maximum Gasteiger partial charge on any atom is 0.326 e. The van der Waals surface area contributed by atoms with E-state index in [4.69, 9.17) is 4.74 Å². The molecular formula is C22H24N2O5. The molecule has 2 aromatic rings. The molecule has 0 bridgehead atoms. The standard InChI is InChI=1S/C22H24N2O5/c1-13(2)11-16(22(27)28)24-19(25)12-23-21(26)20-14-7-3-5-9-17(14)29-18-10-6-4-8-15(18)20/h3-10,13,16,20H,11-12H2,1-2H3,(H,23,26)(H,24,25)(H,27,28)/t16-/m0/s1. The molecule has 1 atom stereocenters. The number of carbonyl (C=O) groups is 3. The van der Waals surface area contributed by atoms with E-state index in [1.54, 1.807) is 12.1 Å². The van der Waals surface area contributed by atoms with Crippen LogP contribution in [0.3, 0.4) is 0 Å². The first-order valence-electron chi connectivity index (χ1n) is 9.52. The van der Waals surface area contributed by atoms with Gasteiger partial charge in [-0.1, -0.05) is 50.2 Å². The van der Waals surface area contributed by atoms with E-state index >= 15 is 0 Å². The molecule has 1 aliphatic rings. The summed E-state index contributed by atoms with van der Waals surface area (Å²) in [5, 5.41) is 14.4. The van der Waals surface area contributed by atoms with E-state index in [2.05, 4.69) is 10.6 Å². The van der Waals surface area contributed by atoms with Crippen molar-refractivity contribution in [3.05, 3.63) is 59.7 Å². The fourth-order valence-electron chi connectivity index (χ4n) is 3.40. The summed E-state index contributed by atoms with van der Waals surface area (Å²) in [6.07, 6.45) is 0.315. The smallest absolute Gasteiger partial charge is 0.326 e. The molecule has 0 saturated heterocycles. The average Bonchev–Trinajstić information content (AvgIpc) is 2.69. The van der Waals surface area contributed by atoms with Gasteiger partial charge in [0.2, 0.25) is 11.8 Å². The van der Waals surface area contributed by atoms with Crippen LogP contribution in [0.25, 0.3) is 0 Å². The van der Waals surface area contributed by atoms with Crippen molar-refractivity contribution in [2.24, 2.45) is 5.92 Å². The number of nitrogens with one attached hydrogen (secondary N) is 2. The number of hydrogen-bond donors (Lipinski definition) is 3. The summed E-state index contributed by atoms with van der Waals surface area (Å²) >= 11 is 0. The summed E-state index contributed by atoms with van der Waals surface area (Å²) in [6, 6.07) is 13.6. The lowest BCUT2D eigenvalue weighted by Gasteiger charge is -2.27. The fraction of sp³-hybridized carbons (Fsp3) is 0.318. The second kappa shape index (κ2) is 8.77. The van der Waals surface area contributed by atoms with Crippen molar-refractivity contribution in [1.29, 1.82) is 0 Å². The normalized spacial score (nSPS) is 13.6. The zero-order valence-electron chi connectivity index (χ0n) is 16.3. The first-order valence-corrected chi connectivity index (χ1v) is 9.52. The van der Waals surface area contributed by atoms with Crippen molar-refractivity contribution in [1.82, 2.24) is 10.6 Å². The first kappa shape index (κ1) is 20.4. The zero-order valence-corrected chi connectivity index (χ0v) is 16.3. The van der Waals surface area contributed by atoms with Crippen LogP contribution >= 0.6 is 0 Å². The van der Waals surface area contributed by atoms with Gasteiger partial charge in [0.1, 0.15) is 17.5 Å². The van der Waals surface area contributed by atoms with E-state index in [-0.39, 0.29) is 18.4 Å². The van der Waals surface area contributed by atoms with Crippen molar-refractivity contribution in [2.75, 3.05) is 6.54 Å². The van der Waals surface area contributed by atoms with Crippen LogP contribution < -0.4 is 15.4 Å². The molecule has 7 nitrogen and oxygen atoms in total. The van der Waals surface area contributed by atoms with Crippen LogP contribution in [-0.4, -0.2) is 35.5 Å². The molecule has 2 aromatic carbocycles. The first-order chi connectivity index (χ1) is 13.9. The Morgan fingerprint density at radius 2 is 1.55 bits per heavy atom. The molecule has 1 aliphatic heterocycles. The predicted molar refractivity (Wildman–Crippen MR) is 107 cm³/mol. The Hall–Kier alpha value is -3.35. The molecule has 0 aromatic heterocycles. The highest BCUT2D eigenvalue weighted by Crippen LogP contribution is 2.43. The molecule has 0 saturated carbocycles. The molecule has 152 valence electrons. The number of rotatable bonds is 7. The lowest BCUT2D eigenvalue weighted by molar-refractivity contribution is -0.142. The van der Waals surface area contributed by atoms with Gasteiger partial charge in [-0.2, -0.15) is 0 Å². The van der Waals surface area contributed by atoms with Crippen LogP contribution in [0.5, 0.6) is 11.5 Å². The van der Waals surface area contributed by atoms with Gasteiger partial charge in [0.05, 0.1) is 12.5 Å². The topological polar surface area (TPSA) is 105 Å². The third-order valence-electron chi connectivity index (χ3n) is 4.71. The molecule has 0 aliphatic carbocycles. The average molecular weight is 396 g/mol. The maximum absolute atomic E-state index is 13.0. The number of aliphatic carboxylic acids is 1. The van der Waals surface area contributed by atoms with Crippen LogP contribution in [0.1, 0.15) is 37.3 Å². The molecule has 0 radical (unpaired) electrons. The molecular weight excluding hydrogens is 372 g/mol. The second-order valence-electron chi connectivity index (χ2n) is 7.42. The molecule has 29 heavy (non-hydrogen) atoms. The van der Waals surface area contributed by atoms with Gasteiger partial charge in [-0.25, -0.2) is 4.79 Å². The Labute approximate surface area is 169 Å². The van der Waals surface area contributed by atoms with E-state index in [0.29, 0.717) is 29.0 Å². The fourth-order valence-corrected chi connectivity index (χ4v) is 3.40. The highest BCUT2D eigenvalue weighted by atomic mass is 16.5. The summed E-state index contributed by atoms with van der Waals surface area (Å²) in [4.78, 5) is 36.5. The van der Waals surface area contributed by atoms with Crippen LogP contribution in [0.2, 0.25) is 0 Å². The highest BCUT2D eigenvalue weighted by molar-refractivity contribution is 5.93. The zero-order chi connectivity index (χ0) is 21.0. The Morgan fingerprint density at radius 1 is 1.00 bits per heavy atom. The molecule has 7 heteroatoms. The minimum absolute atomic E-state index is 0.112. The van der Waals surface area contributed by atoms with Gasteiger partial charge >= 0.3 is 5.97 Å². The number of hydrogen-bond acceptors (Lipinski definition) is 4. The van der Waals surface area contributed by atoms with E-state index in [0.717, 1.165) is 0 Å². The third-order valence-corrected chi connectivity index (χ3v) is 4.71. The number of ether oxygens (including phenoxy) is 1. The number of fused-ring (bicyclic) bond motifs is 2. The molecule has 3 rings (SSSR count). The molecule has 0 fully saturated rings. The molecule has 1 heterocycles. The summed E-state index contributed by atoms with van der Waals surface area (Å²) in [5.74, 6) is -1.29. The third kappa shape index (κ3) is 4.74. The number of carbonyl (C=O) groups excluding carboxylic acids is 2. The minimum atomic E-state index is -1.09. The number of amides is 2. The van der Waals surface area contributed by atoms with Crippen LogP contribution in [0, 0.1) is 5.92 Å². The van der Waals surface area contributed by atoms with Gasteiger partial charge in [0.15, 0.2) is 0 Å². The molecule has 0 spiro atoms. The highest BCUT2D eigenvalue weighted by Gasteiger charge is 2.32. The Morgan fingerprint density at radius 3 is 2.07 bits per heavy atom. The van der Waals surface area contributed by atoms with Crippen molar-refractivity contribution < 1.29 is 24.2 Å². The largest absolute Gasteiger partial charge is 0.480 e. The van der Waals surface area contributed by atoms with E-state index in [1.807, 2.05) is 50.2 Å². The Kier molecular flexibility index (Phi) is 6.16. The van der Waals surface area contributed by atoms with Crippen molar-refractivity contribution in [3.8, 4) is 11.5 Å². The number of carboxylic acids is 1. The van der Waals surface area contributed by atoms with Gasteiger partial charge in [0.25, 0.3) is 0 Å². The minimum Gasteiger partial charge on any atom is -0.480 e. The lowest BCUT2D eigenvalue weighted by Crippen LogP contribution is -2.46. The SMILES string of the molecule is CC(C)C[C@H](NC(=O)CNC(=O)C1c2ccccc2Oc2ccccc21)C(=O)O. The second-order valence-corrected chi connectivity index (χ2v) is 7.42. The summed E-state index contributed by atoms with van der Waals surface area (Å²) < 4.78 is 5.87. The van der Waals surface area contributed by atoms with Crippen molar-refractivity contribution in [2.45, 2.75) is 32.2 Å². The van der Waals surface area contributed by atoms with Gasteiger partial charge in [0, 0.05) is 11.1 Å². The molecule has 2 amide bonds. The molecule has 3 N–H and O–H groups in total. The van der Waals surface area contributed by atoms with Crippen LogP contribution in [0.4, 0.5) is 0 Å². The van der Waals surface area contributed by atoms with E-state index in [9.17, 15) is 19.5 Å². The van der Waals surface area contributed by atoms with E-state index < -0.39 is 23.8 Å². The maximum atomic E-state index is 13.0. The van der Waals surface area contributed by atoms with Crippen LogP contribution in [-0.2, 0) is 14.4 Å². The quantitative estimate of drug-likeness (QED) is 0.667. The van der Waals surface area contributed by atoms with Gasteiger partial charge in [-0.05, 0) is 24.5 Å². The lowest BCUT2D eigenvalue weighted by atomic mass is 9.87. The summed E-state index contributed by atoms with van der Waals surface area (Å²) in [5.41, 5.74) is 1.43. The van der Waals surface area contributed by atoms with Crippen molar-refractivity contribution in [3.63, 3.8) is 0 Å². The van der Waals surface area contributed by atoms with E-state index in [1.165, 1.54) is 0 Å². The number of benzene rings is 2.